The third-order valence-corrected chi connectivity index (χ3v) is 3.60. The Bertz CT molecular complexity index is 469. The Morgan fingerprint density at radius 1 is 1.33 bits per heavy atom. The fourth-order valence-corrected chi connectivity index (χ4v) is 2.52. The van der Waals surface area contributed by atoms with E-state index in [4.69, 9.17) is 14.6 Å². The van der Waals surface area contributed by atoms with Crippen LogP contribution < -0.4 is 14.8 Å². The molecule has 1 aliphatic rings. The molecule has 0 saturated carbocycles. The minimum absolute atomic E-state index is 0.151. The highest BCUT2D eigenvalue weighted by atomic mass is 16.6. The van der Waals surface area contributed by atoms with Gasteiger partial charge < -0.3 is 19.9 Å². The molecule has 0 aliphatic carbocycles. The Hall–Kier alpha value is -1.75. The molecule has 1 atom stereocenters. The molecule has 21 heavy (non-hydrogen) atoms. The van der Waals surface area contributed by atoms with Gasteiger partial charge in [-0.1, -0.05) is 19.4 Å². The predicted molar refractivity (Wildman–Crippen MR) is 79.9 cm³/mol. The highest BCUT2D eigenvalue weighted by Gasteiger charge is 2.20. The zero-order chi connectivity index (χ0) is 15.1. The largest absolute Gasteiger partial charge is 0.486 e. The number of aliphatic hydroxyl groups is 1. The van der Waals surface area contributed by atoms with Crippen LogP contribution in [0.25, 0.3) is 0 Å². The summed E-state index contributed by atoms with van der Waals surface area (Å²) in [6.45, 7) is 3.79. The number of carbonyl (C=O) groups is 1. The summed E-state index contributed by atoms with van der Waals surface area (Å²) >= 11 is 0. The standard InChI is InChI=1S/C16H23NO4/c1-2-4-12(7-8-18)11-17-16(19)13-5-3-6-14-15(13)21-10-9-20-14/h3,5-6,12,18H,2,4,7-11H2,1H3,(H,17,19). The summed E-state index contributed by atoms with van der Waals surface area (Å²) in [5, 5.41) is 12.0. The maximum Gasteiger partial charge on any atom is 0.255 e. The molecule has 116 valence electrons. The lowest BCUT2D eigenvalue weighted by Gasteiger charge is -2.21. The van der Waals surface area contributed by atoms with Crippen LogP contribution in [-0.2, 0) is 0 Å². The number of nitrogens with one attached hydrogen (secondary N) is 1. The number of hydrogen-bond donors (Lipinski definition) is 2. The molecule has 0 aromatic heterocycles. The van der Waals surface area contributed by atoms with E-state index in [0.717, 1.165) is 12.8 Å². The molecule has 0 fully saturated rings. The first kappa shape index (κ1) is 15.6. The fourth-order valence-electron chi connectivity index (χ4n) is 2.52. The van der Waals surface area contributed by atoms with Crippen molar-refractivity contribution in [3.8, 4) is 11.5 Å². The van der Waals surface area contributed by atoms with Crippen LogP contribution in [0.5, 0.6) is 11.5 Å². The minimum atomic E-state index is -0.156. The molecule has 0 spiro atoms. The highest BCUT2D eigenvalue weighted by molar-refractivity contribution is 5.97. The van der Waals surface area contributed by atoms with E-state index < -0.39 is 0 Å². The van der Waals surface area contributed by atoms with Crippen molar-refractivity contribution in [1.82, 2.24) is 5.32 Å². The molecule has 5 heteroatoms. The first-order valence-corrected chi connectivity index (χ1v) is 7.54. The van der Waals surface area contributed by atoms with Crippen LogP contribution in [0.2, 0.25) is 0 Å². The smallest absolute Gasteiger partial charge is 0.255 e. The monoisotopic (exact) mass is 293 g/mol. The molecule has 1 unspecified atom stereocenters. The topological polar surface area (TPSA) is 67.8 Å². The van der Waals surface area contributed by atoms with Crippen molar-refractivity contribution >= 4 is 5.91 Å². The van der Waals surface area contributed by atoms with Gasteiger partial charge in [-0.2, -0.15) is 0 Å². The lowest BCUT2D eigenvalue weighted by molar-refractivity contribution is 0.0932. The quantitative estimate of drug-likeness (QED) is 0.806. The number of rotatable bonds is 7. The number of fused-ring (bicyclic) bond motifs is 1. The van der Waals surface area contributed by atoms with Crippen molar-refractivity contribution in [2.75, 3.05) is 26.4 Å². The Morgan fingerprint density at radius 3 is 2.90 bits per heavy atom. The number of benzene rings is 1. The number of ether oxygens (including phenoxy) is 2. The van der Waals surface area contributed by atoms with E-state index in [2.05, 4.69) is 12.2 Å². The Kier molecular flexibility index (Phi) is 5.87. The van der Waals surface area contributed by atoms with Gasteiger partial charge in [0, 0.05) is 13.2 Å². The van der Waals surface area contributed by atoms with Crippen LogP contribution >= 0.6 is 0 Å². The van der Waals surface area contributed by atoms with E-state index in [9.17, 15) is 4.79 Å². The van der Waals surface area contributed by atoms with E-state index in [1.54, 1.807) is 18.2 Å². The number of aliphatic hydroxyl groups excluding tert-OH is 1. The molecule has 0 bridgehead atoms. The molecule has 1 aromatic rings. The second-order valence-electron chi connectivity index (χ2n) is 5.21. The average Bonchev–Trinajstić information content (AvgIpc) is 2.52. The van der Waals surface area contributed by atoms with Crippen molar-refractivity contribution in [2.45, 2.75) is 26.2 Å². The number of hydrogen-bond acceptors (Lipinski definition) is 4. The fraction of sp³-hybridized carbons (Fsp3) is 0.562. The maximum absolute atomic E-state index is 12.3. The zero-order valence-corrected chi connectivity index (χ0v) is 12.4. The third-order valence-electron chi connectivity index (χ3n) is 3.60. The van der Waals surface area contributed by atoms with Crippen molar-refractivity contribution < 1.29 is 19.4 Å². The van der Waals surface area contributed by atoms with Crippen molar-refractivity contribution in [1.29, 1.82) is 0 Å². The summed E-state index contributed by atoms with van der Waals surface area (Å²) in [5.74, 6) is 1.29. The van der Waals surface area contributed by atoms with Crippen molar-refractivity contribution in [3.63, 3.8) is 0 Å². The lowest BCUT2D eigenvalue weighted by Crippen LogP contribution is -2.30. The normalized spacial score (nSPS) is 14.6. The molecular formula is C16H23NO4. The Morgan fingerprint density at radius 2 is 2.14 bits per heavy atom. The molecule has 2 rings (SSSR count). The van der Waals surface area contributed by atoms with E-state index in [1.807, 2.05) is 0 Å². The Labute approximate surface area is 125 Å². The number of para-hydroxylation sites is 1. The molecule has 1 heterocycles. The van der Waals surface area contributed by atoms with Gasteiger partial charge in [-0.05, 0) is 30.9 Å². The van der Waals surface area contributed by atoms with Crippen LogP contribution in [0.3, 0.4) is 0 Å². The third kappa shape index (κ3) is 4.11. The second-order valence-corrected chi connectivity index (χ2v) is 5.21. The van der Waals surface area contributed by atoms with Crippen LogP contribution in [0.1, 0.15) is 36.5 Å². The summed E-state index contributed by atoms with van der Waals surface area (Å²) in [6, 6.07) is 5.33. The van der Waals surface area contributed by atoms with Gasteiger partial charge in [-0.15, -0.1) is 0 Å². The molecule has 1 aromatic carbocycles. The summed E-state index contributed by atoms with van der Waals surface area (Å²) in [7, 11) is 0. The van der Waals surface area contributed by atoms with E-state index in [0.29, 0.717) is 49.2 Å². The molecule has 1 amide bonds. The summed E-state index contributed by atoms with van der Waals surface area (Å²) < 4.78 is 11.0. The zero-order valence-electron chi connectivity index (χ0n) is 12.4. The summed E-state index contributed by atoms with van der Waals surface area (Å²) in [6.07, 6.45) is 2.74. The Balaban J connectivity index is 2.00. The van der Waals surface area contributed by atoms with Crippen LogP contribution in [0.4, 0.5) is 0 Å². The van der Waals surface area contributed by atoms with E-state index in [1.165, 1.54) is 0 Å². The van der Waals surface area contributed by atoms with Gasteiger partial charge in [0.2, 0.25) is 0 Å². The van der Waals surface area contributed by atoms with Crippen LogP contribution in [0, 0.1) is 5.92 Å². The van der Waals surface area contributed by atoms with Crippen molar-refractivity contribution in [3.05, 3.63) is 23.8 Å². The maximum atomic E-state index is 12.3. The van der Waals surface area contributed by atoms with Crippen LogP contribution in [-0.4, -0.2) is 37.4 Å². The minimum Gasteiger partial charge on any atom is -0.486 e. The van der Waals surface area contributed by atoms with Gasteiger partial charge in [0.25, 0.3) is 5.91 Å². The molecule has 1 aliphatic heterocycles. The summed E-state index contributed by atoms with van der Waals surface area (Å²) in [4.78, 5) is 12.3. The SMILES string of the molecule is CCCC(CCO)CNC(=O)c1cccc2c1OCCO2. The number of carbonyl (C=O) groups excluding carboxylic acids is 1. The molecule has 2 N–H and O–H groups in total. The molecule has 5 nitrogen and oxygen atoms in total. The lowest BCUT2D eigenvalue weighted by atomic mass is 10.00. The first-order valence-electron chi connectivity index (χ1n) is 7.54. The molecule has 0 saturated heterocycles. The number of amides is 1. The van der Waals surface area contributed by atoms with Crippen LogP contribution in [0.15, 0.2) is 18.2 Å². The van der Waals surface area contributed by atoms with Gasteiger partial charge >= 0.3 is 0 Å². The van der Waals surface area contributed by atoms with Gasteiger partial charge in [-0.25, -0.2) is 0 Å². The molecular weight excluding hydrogens is 270 g/mol. The molecule has 0 radical (unpaired) electrons. The van der Waals surface area contributed by atoms with Crippen molar-refractivity contribution in [2.24, 2.45) is 5.92 Å². The average molecular weight is 293 g/mol. The summed E-state index contributed by atoms with van der Waals surface area (Å²) in [5.41, 5.74) is 0.506. The van der Waals surface area contributed by atoms with E-state index in [-0.39, 0.29) is 12.5 Å². The van der Waals surface area contributed by atoms with E-state index >= 15 is 0 Å². The van der Waals surface area contributed by atoms with Gasteiger partial charge in [0.05, 0.1) is 5.56 Å². The van der Waals surface area contributed by atoms with Gasteiger partial charge in [-0.3, -0.25) is 4.79 Å². The highest BCUT2D eigenvalue weighted by Crippen LogP contribution is 2.33. The second kappa shape index (κ2) is 7.88. The van der Waals surface area contributed by atoms with Gasteiger partial charge in [0.15, 0.2) is 11.5 Å². The predicted octanol–water partition coefficient (Wildman–Crippen LogP) is 1.99. The first-order chi connectivity index (χ1) is 10.3. The van der Waals surface area contributed by atoms with Gasteiger partial charge in [0.1, 0.15) is 13.2 Å².